The molecule has 1 saturated heterocycles. The maximum absolute atomic E-state index is 12.5. The van der Waals surface area contributed by atoms with Crippen molar-refractivity contribution in [3.8, 4) is 17.2 Å². The minimum Gasteiger partial charge on any atom is -0.493 e. The van der Waals surface area contributed by atoms with Crippen molar-refractivity contribution in [3.05, 3.63) is 41.6 Å². The Labute approximate surface area is 164 Å². The number of rotatable bonds is 7. The Balaban J connectivity index is 1.65. The van der Waals surface area contributed by atoms with E-state index in [9.17, 15) is 4.79 Å². The van der Waals surface area contributed by atoms with Gasteiger partial charge in [0.1, 0.15) is 5.82 Å². The molecule has 1 fully saturated rings. The number of pyridine rings is 1. The minimum absolute atomic E-state index is 0.199. The van der Waals surface area contributed by atoms with Crippen LogP contribution in [0.1, 0.15) is 15.9 Å². The summed E-state index contributed by atoms with van der Waals surface area (Å²) in [5.41, 5.74) is 1.34. The Morgan fingerprint density at radius 1 is 1.11 bits per heavy atom. The zero-order chi connectivity index (χ0) is 19.9. The van der Waals surface area contributed by atoms with Gasteiger partial charge in [-0.05, 0) is 29.8 Å². The molecule has 0 aliphatic carbocycles. The highest BCUT2D eigenvalue weighted by Gasteiger charge is 2.15. The van der Waals surface area contributed by atoms with E-state index in [4.69, 9.17) is 18.9 Å². The average molecular weight is 387 g/mol. The Bertz CT molecular complexity index is 779. The van der Waals surface area contributed by atoms with Crippen LogP contribution in [0, 0.1) is 0 Å². The van der Waals surface area contributed by atoms with Gasteiger partial charge in [0.05, 0.1) is 40.1 Å². The second kappa shape index (κ2) is 9.27. The van der Waals surface area contributed by atoms with Crippen molar-refractivity contribution in [1.82, 2.24) is 10.3 Å². The molecule has 1 aromatic heterocycles. The van der Waals surface area contributed by atoms with Crippen LogP contribution in [-0.4, -0.2) is 58.5 Å². The molecule has 150 valence electrons. The van der Waals surface area contributed by atoms with Gasteiger partial charge in [-0.1, -0.05) is 0 Å². The smallest absolute Gasteiger partial charge is 0.253 e. The summed E-state index contributed by atoms with van der Waals surface area (Å²) in [6.07, 6.45) is 1.59. The monoisotopic (exact) mass is 387 g/mol. The number of morpholine rings is 1. The number of amides is 1. The molecular formula is C20H25N3O5. The fourth-order valence-electron chi connectivity index (χ4n) is 3.02. The van der Waals surface area contributed by atoms with Crippen LogP contribution in [-0.2, 0) is 11.3 Å². The van der Waals surface area contributed by atoms with Gasteiger partial charge >= 0.3 is 0 Å². The molecule has 0 atom stereocenters. The topological polar surface area (TPSA) is 82.2 Å². The highest BCUT2D eigenvalue weighted by atomic mass is 16.5. The van der Waals surface area contributed by atoms with Gasteiger partial charge in [0.2, 0.25) is 5.75 Å². The number of ether oxygens (including phenoxy) is 4. The van der Waals surface area contributed by atoms with Crippen LogP contribution in [0.15, 0.2) is 30.5 Å². The van der Waals surface area contributed by atoms with Gasteiger partial charge in [0.25, 0.3) is 5.91 Å². The van der Waals surface area contributed by atoms with Crippen LogP contribution in [0.3, 0.4) is 0 Å². The fourth-order valence-corrected chi connectivity index (χ4v) is 3.02. The summed E-state index contributed by atoms with van der Waals surface area (Å²) >= 11 is 0. The molecule has 1 aromatic carbocycles. The van der Waals surface area contributed by atoms with Gasteiger partial charge in [-0.3, -0.25) is 4.79 Å². The van der Waals surface area contributed by atoms with E-state index in [0.717, 1.165) is 24.5 Å². The quantitative estimate of drug-likeness (QED) is 0.777. The largest absolute Gasteiger partial charge is 0.493 e. The molecule has 8 nitrogen and oxygen atoms in total. The van der Waals surface area contributed by atoms with Crippen molar-refractivity contribution in [2.24, 2.45) is 0 Å². The van der Waals surface area contributed by atoms with Crippen molar-refractivity contribution in [2.75, 3.05) is 52.5 Å². The zero-order valence-corrected chi connectivity index (χ0v) is 16.4. The Morgan fingerprint density at radius 3 is 2.32 bits per heavy atom. The first-order valence-electron chi connectivity index (χ1n) is 9.02. The first kappa shape index (κ1) is 19.8. The summed E-state index contributed by atoms with van der Waals surface area (Å²) in [6.45, 7) is 3.32. The molecule has 1 aliphatic heterocycles. The van der Waals surface area contributed by atoms with Crippen molar-refractivity contribution in [3.63, 3.8) is 0 Å². The van der Waals surface area contributed by atoms with Gasteiger partial charge < -0.3 is 29.2 Å². The average Bonchev–Trinajstić information content (AvgIpc) is 2.77. The third kappa shape index (κ3) is 4.45. The lowest BCUT2D eigenvalue weighted by Gasteiger charge is -2.27. The third-order valence-corrected chi connectivity index (χ3v) is 4.52. The summed E-state index contributed by atoms with van der Waals surface area (Å²) in [6, 6.07) is 7.25. The molecule has 0 saturated carbocycles. The number of aromatic nitrogens is 1. The highest BCUT2D eigenvalue weighted by Crippen LogP contribution is 2.38. The molecule has 0 bridgehead atoms. The summed E-state index contributed by atoms with van der Waals surface area (Å²) < 4.78 is 21.3. The second-order valence-electron chi connectivity index (χ2n) is 6.22. The van der Waals surface area contributed by atoms with Crippen LogP contribution in [0.5, 0.6) is 17.2 Å². The number of benzene rings is 1. The molecule has 1 N–H and O–H groups in total. The molecule has 8 heteroatoms. The van der Waals surface area contributed by atoms with Gasteiger partial charge in [-0.15, -0.1) is 0 Å². The van der Waals surface area contributed by atoms with Crippen LogP contribution in [0.2, 0.25) is 0 Å². The van der Waals surface area contributed by atoms with Crippen molar-refractivity contribution < 1.29 is 23.7 Å². The number of hydrogen-bond acceptors (Lipinski definition) is 7. The minimum atomic E-state index is -0.199. The second-order valence-corrected chi connectivity index (χ2v) is 6.22. The number of carbonyl (C=O) groups excluding carboxylic acids is 1. The first-order chi connectivity index (χ1) is 13.7. The number of nitrogens with zero attached hydrogens (tertiary/aromatic N) is 2. The van der Waals surface area contributed by atoms with Crippen LogP contribution in [0.4, 0.5) is 5.82 Å². The lowest BCUT2D eigenvalue weighted by atomic mass is 10.1. The van der Waals surface area contributed by atoms with E-state index < -0.39 is 0 Å². The van der Waals surface area contributed by atoms with E-state index in [-0.39, 0.29) is 5.91 Å². The van der Waals surface area contributed by atoms with E-state index >= 15 is 0 Å². The SMILES string of the molecule is COc1cc(CNC(=O)c2ccc(N3CCOCC3)nc2)cc(OC)c1OC. The fraction of sp³-hybridized carbons (Fsp3) is 0.400. The zero-order valence-electron chi connectivity index (χ0n) is 16.4. The van der Waals surface area contributed by atoms with Crippen LogP contribution < -0.4 is 24.4 Å². The maximum Gasteiger partial charge on any atom is 0.253 e. The van der Waals surface area contributed by atoms with Crippen LogP contribution >= 0.6 is 0 Å². The molecule has 28 heavy (non-hydrogen) atoms. The van der Waals surface area contributed by atoms with E-state index in [1.165, 1.54) is 0 Å². The van der Waals surface area contributed by atoms with Gasteiger partial charge in [-0.2, -0.15) is 0 Å². The number of anilines is 1. The molecule has 2 aromatic rings. The maximum atomic E-state index is 12.5. The third-order valence-electron chi connectivity index (χ3n) is 4.52. The summed E-state index contributed by atoms with van der Waals surface area (Å²) in [4.78, 5) is 19.0. The molecular weight excluding hydrogens is 362 g/mol. The van der Waals surface area contributed by atoms with Gasteiger partial charge in [0, 0.05) is 25.8 Å². The summed E-state index contributed by atoms with van der Waals surface area (Å²) in [7, 11) is 4.66. The summed E-state index contributed by atoms with van der Waals surface area (Å²) in [5, 5.41) is 2.89. The van der Waals surface area contributed by atoms with E-state index in [1.807, 2.05) is 6.07 Å². The standard InChI is InChI=1S/C20H25N3O5/c1-25-16-10-14(11-17(26-2)19(16)27-3)12-22-20(24)15-4-5-18(21-13-15)23-6-8-28-9-7-23/h4-5,10-11,13H,6-9,12H2,1-3H3,(H,22,24). The Morgan fingerprint density at radius 2 is 1.79 bits per heavy atom. The number of hydrogen-bond donors (Lipinski definition) is 1. The van der Waals surface area contributed by atoms with Crippen LogP contribution in [0.25, 0.3) is 0 Å². The lowest BCUT2D eigenvalue weighted by Crippen LogP contribution is -2.36. The van der Waals surface area contributed by atoms with Gasteiger partial charge in [-0.25, -0.2) is 4.98 Å². The summed E-state index contributed by atoms with van der Waals surface area (Å²) in [5.74, 6) is 2.26. The van der Waals surface area contributed by atoms with Crippen molar-refractivity contribution in [2.45, 2.75) is 6.54 Å². The number of nitrogens with one attached hydrogen (secondary N) is 1. The number of methoxy groups -OCH3 is 3. The molecule has 0 radical (unpaired) electrons. The van der Waals surface area contributed by atoms with E-state index in [0.29, 0.717) is 42.6 Å². The molecule has 0 unspecified atom stereocenters. The molecule has 0 spiro atoms. The normalized spacial score (nSPS) is 13.8. The number of carbonyl (C=O) groups is 1. The molecule has 1 aliphatic rings. The predicted octanol–water partition coefficient (Wildman–Crippen LogP) is 1.87. The highest BCUT2D eigenvalue weighted by molar-refractivity contribution is 5.94. The van der Waals surface area contributed by atoms with Crippen molar-refractivity contribution >= 4 is 11.7 Å². The first-order valence-corrected chi connectivity index (χ1v) is 9.02. The molecule has 2 heterocycles. The Hall–Kier alpha value is -3.00. The molecule has 1 amide bonds. The molecule has 3 rings (SSSR count). The predicted molar refractivity (Wildman–Crippen MR) is 105 cm³/mol. The van der Waals surface area contributed by atoms with Gasteiger partial charge in [0.15, 0.2) is 11.5 Å². The van der Waals surface area contributed by atoms with E-state index in [2.05, 4.69) is 15.2 Å². The van der Waals surface area contributed by atoms with E-state index in [1.54, 1.807) is 45.7 Å². The lowest BCUT2D eigenvalue weighted by molar-refractivity contribution is 0.0950. The van der Waals surface area contributed by atoms with Crippen molar-refractivity contribution in [1.29, 1.82) is 0 Å². The Kier molecular flexibility index (Phi) is 6.54.